The number of sulfonamides is 1. The normalized spacial score (nSPS) is 11.1. The zero-order valence-electron chi connectivity index (χ0n) is 8.73. The van der Waals surface area contributed by atoms with Crippen molar-refractivity contribution in [1.29, 1.82) is 0 Å². The molecule has 0 heterocycles. The molecule has 0 aromatic heterocycles. The summed E-state index contributed by atoms with van der Waals surface area (Å²) in [4.78, 5) is 0. The lowest BCUT2D eigenvalue weighted by atomic mass is 10.2. The molecule has 0 aliphatic carbocycles. The predicted molar refractivity (Wildman–Crippen MR) is 66.7 cm³/mol. The highest BCUT2D eigenvalue weighted by Gasteiger charge is 2.08. The van der Waals surface area contributed by atoms with E-state index in [0.29, 0.717) is 5.75 Å². The predicted octanol–water partition coefficient (Wildman–Crippen LogP) is 2.02. The Balaban J connectivity index is 2.88. The van der Waals surface area contributed by atoms with Gasteiger partial charge in [0.05, 0.1) is 7.11 Å². The van der Waals surface area contributed by atoms with Crippen molar-refractivity contribution in [2.45, 2.75) is 6.54 Å². The van der Waals surface area contributed by atoms with Crippen LogP contribution in [0.15, 0.2) is 34.7 Å². The van der Waals surface area contributed by atoms with Gasteiger partial charge in [0.25, 0.3) is 0 Å². The lowest BCUT2D eigenvalue weighted by Gasteiger charge is -2.09. The summed E-state index contributed by atoms with van der Waals surface area (Å²) in [5, 5.41) is 0.872. The minimum atomic E-state index is -3.41. The molecular formula is C10H12BrNO3S. The summed E-state index contributed by atoms with van der Waals surface area (Å²) < 4.78 is 30.7. The molecule has 16 heavy (non-hydrogen) atoms. The van der Waals surface area contributed by atoms with Crippen LogP contribution in [0.4, 0.5) is 0 Å². The molecule has 1 aromatic rings. The third-order valence-corrected chi connectivity index (χ3v) is 3.40. The van der Waals surface area contributed by atoms with Gasteiger partial charge in [-0.05, 0) is 18.2 Å². The summed E-state index contributed by atoms with van der Waals surface area (Å²) in [6.45, 7) is 3.38. The first-order valence-corrected chi connectivity index (χ1v) is 6.77. The minimum Gasteiger partial charge on any atom is -0.496 e. The van der Waals surface area contributed by atoms with Crippen LogP contribution < -0.4 is 9.46 Å². The first kappa shape index (κ1) is 13.2. The van der Waals surface area contributed by atoms with E-state index >= 15 is 0 Å². The molecule has 0 saturated heterocycles. The molecule has 0 bridgehead atoms. The number of halogens is 1. The number of nitrogens with one attached hydrogen (secondary N) is 1. The second-order valence-corrected chi connectivity index (χ2v) is 5.62. The van der Waals surface area contributed by atoms with Crippen molar-refractivity contribution >= 4 is 26.0 Å². The van der Waals surface area contributed by atoms with E-state index in [0.717, 1.165) is 15.4 Å². The summed E-state index contributed by atoms with van der Waals surface area (Å²) >= 11 is 3.31. The zero-order chi connectivity index (χ0) is 12.2. The highest BCUT2D eigenvalue weighted by molar-refractivity contribution is 9.10. The van der Waals surface area contributed by atoms with Crippen LogP contribution in [0.5, 0.6) is 5.75 Å². The molecule has 0 atom stereocenters. The molecule has 88 valence electrons. The number of hydrogen-bond acceptors (Lipinski definition) is 3. The summed E-state index contributed by atoms with van der Waals surface area (Å²) in [7, 11) is -1.88. The highest BCUT2D eigenvalue weighted by Crippen LogP contribution is 2.22. The maximum absolute atomic E-state index is 11.2. The van der Waals surface area contributed by atoms with E-state index in [9.17, 15) is 8.42 Å². The molecule has 1 aromatic carbocycles. The lowest BCUT2D eigenvalue weighted by molar-refractivity contribution is 0.409. The van der Waals surface area contributed by atoms with Gasteiger partial charge in [-0.1, -0.05) is 22.5 Å². The summed E-state index contributed by atoms with van der Waals surface area (Å²) in [5.74, 6) is 0.634. The maximum atomic E-state index is 11.2. The molecule has 0 spiro atoms. The summed E-state index contributed by atoms with van der Waals surface area (Å²) in [6.07, 6.45) is 0. The number of ether oxygens (including phenoxy) is 1. The Bertz CT molecular complexity index is 485. The molecule has 0 amide bonds. The Morgan fingerprint density at radius 3 is 2.81 bits per heavy atom. The first-order chi connectivity index (χ1) is 7.48. The SMILES string of the molecule is C=CS(=O)(=O)NCc1cc(Br)ccc1OC. The van der Waals surface area contributed by atoms with Crippen molar-refractivity contribution in [2.24, 2.45) is 0 Å². The average Bonchev–Trinajstić information content (AvgIpc) is 2.27. The fourth-order valence-electron chi connectivity index (χ4n) is 1.12. The molecule has 0 unspecified atom stereocenters. The first-order valence-electron chi connectivity index (χ1n) is 4.43. The third-order valence-electron chi connectivity index (χ3n) is 1.93. The largest absolute Gasteiger partial charge is 0.496 e. The molecule has 0 fully saturated rings. The van der Waals surface area contributed by atoms with E-state index < -0.39 is 10.0 Å². The van der Waals surface area contributed by atoms with Crippen molar-refractivity contribution in [2.75, 3.05) is 7.11 Å². The van der Waals surface area contributed by atoms with E-state index in [1.165, 1.54) is 7.11 Å². The number of methoxy groups -OCH3 is 1. The minimum absolute atomic E-state index is 0.164. The quantitative estimate of drug-likeness (QED) is 0.905. The van der Waals surface area contributed by atoms with E-state index in [2.05, 4.69) is 27.2 Å². The van der Waals surface area contributed by atoms with Crippen molar-refractivity contribution < 1.29 is 13.2 Å². The molecular weight excluding hydrogens is 294 g/mol. The molecule has 0 aliphatic heterocycles. The van der Waals surface area contributed by atoms with Crippen LogP contribution in [0.1, 0.15) is 5.56 Å². The average molecular weight is 306 g/mol. The Morgan fingerprint density at radius 1 is 1.56 bits per heavy atom. The molecule has 1 rings (SSSR count). The highest BCUT2D eigenvalue weighted by atomic mass is 79.9. The van der Waals surface area contributed by atoms with Crippen LogP contribution in [0.2, 0.25) is 0 Å². The van der Waals surface area contributed by atoms with Crippen LogP contribution in [0, 0.1) is 0 Å². The Kier molecular flexibility index (Phi) is 4.52. The van der Waals surface area contributed by atoms with Gasteiger partial charge in [0, 0.05) is 22.0 Å². The number of hydrogen-bond donors (Lipinski definition) is 1. The van der Waals surface area contributed by atoms with Crippen LogP contribution in [-0.4, -0.2) is 15.5 Å². The zero-order valence-corrected chi connectivity index (χ0v) is 11.1. The lowest BCUT2D eigenvalue weighted by Crippen LogP contribution is -2.20. The second-order valence-electron chi connectivity index (χ2n) is 2.99. The summed E-state index contributed by atoms with van der Waals surface area (Å²) in [6, 6.07) is 5.39. The van der Waals surface area contributed by atoms with Gasteiger partial charge in [-0.25, -0.2) is 13.1 Å². The molecule has 4 nitrogen and oxygen atoms in total. The topological polar surface area (TPSA) is 55.4 Å². The Morgan fingerprint density at radius 2 is 2.25 bits per heavy atom. The van der Waals surface area contributed by atoms with Gasteiger partial charge in [-0.15, -0.1) is 0 Å². The third kappa shape index (κ3) is 3.62. The van der Waals surface area contributed by atoms with Crippen molar-refractivity contribution in [3.05, 3.63) is 40.2 Å². The second kappa shape index (κ2) is 5.47. The maximum Gasteiger partial charge on any atom is 0.233 e. The van der Waals surface area contributed by atoms with Crippen LogP contribution in [0.25, 0.3) is 0 Å². The molecule has 0 saturated carbocycles. The van der Waals surface area contributed by atoms with Crippen molar-refractivity contribution in [3.8, 4) is 5.75 Å². The van der Waals surface area contributed by atoms with Gasteiger partial charge in [0.15, 0.2) is 0 Å². The molecule has 6 heteroatoms. The van der Waals surface area contributed by atoms with Crippen LogP contribution >= 0.6 is 15.9 Å². The Labute approximate surface area is 103 Å². The standard InChI is InChI=1S/C10H12BrNO3S/c1-3-16(13,14)12-7-8-6-9(11)4-5-10(8)15-2/h3-6,12H,1,7H2,2H3. The molecule has 1 N–H and O–H groups in total. The van der Waals surface area contributed by atoms with Gasteiger partial charge in [-0.3, -0.25) is 0 Å². The van der Waals surface area contributed by atoms with Crippen LogP contribution in [-0.2, 0) is 16.6 Å². The van der Waals surface area contributed by atoms with Gasteiger partial charge in [-0.2, -0.15) is 0 Å². The van der Waals surface area contributed by atoms with Crippen LogP contribution in [0.3, 0.4) is 0 Å². The van der Waals surface area contributed by atoms with E-state index in [1.54, 1.807) is 12.1 Å². The number of benzene rings is 1. The number of rotatable bonds is 5. The van der Waals surface area contributed by atoms with Gasteiger partial charge in [0.2, 0.25) is 10.0 Å². The smallest absolute Gasteiger partial charge is 0.233 e. The van der Waals surface area contributed by atoms with E-state index in [4.69, 9.17) is 4.74 Å². The van der Waals surface area contributed by atoms with Crippen molar-refractivity contribution in [3.63, 3.8) is 0 Å². The monoisotopic (exact) mass is 305 g/mol. The van der Waals surface area contributed by atoms with E-state index in [-0.39, 0.29) is 6.54 Å². The van der Waals surface area contributed by atoms with Gasteiger partial charge in [0.1, 0.15) is 5.75 Å². The fraction of sp³-hybridized carbons (Fsp3) is 0.200. The van der Waals surface area contributed by atoms with Crippen molar-refractivity contribution in [1.82, 2.24) is 4.72 Å². The van der Waals surface area contributed by atoms with E-state index in [1.807, 2.05) is 6.07 Å². The van der Waals surface area contributed by atoms with Gasteiger partial charge < -0.3 is 4.74 Å². The Hall–Kier alpha value is -0.850. The molecule has 0 radical (unpaired) electrons. The van der Waals surface area contributed by atoms with Gasteiger partial charge >= 0.3 is 0 Å². The fourth-order valence-corrected chi connectivity index (χ4v) is 2.01. The molecule has 0 aliphatic rings. The summed E-state index contributed by atoms with van der Waals surface area (Å²) in [5.41, 5.74) is 0.752.